The highest BCUT2D eigenvalue weighted by Gasteiger charge is 2.22. The van der Waals surface area contributed by atoms with Gasteiger partial charge in [0.2, 0.25) is 0 Å². The van der Waals surface area contributed by atoms with Gasteiger partial charge < -0.3 is 4.90 Å². The lowest BCUT2D eigenvalue weighted by molar-refractivity contribution is -0.143. The van der Waals surface area contributed by atoms with Crippen molar-refractivity contribution in [1.29, 1.82) is 0 Å². The molecule has 0 aromatic rings. The van der Waals surface area contributed by atoms with Crippen LogP contribution in [0.15, 0.2) is 0 Å². The fourth-order valence-electron chi connectivity index (χ4n) is 1.02. The SMILES string of the molecule is CCC(C)CN(CC)C(=O)C(F)F. The van der Waals surface area contributed by atoms with Crippen LogP contribution < -0.4 is 0 Å². The maximum Gasteiger partial charge on any atom is 0.315 e. The van der Waals surface area contributed by atoms with Gasteiger partial charge in [0, 0.05) is 13.1 Å². The Hall–Kier alpha value is -0.670. The van der Waals surface area contributed by atoms with Gasteiger partial charge in [0.05, 0.1) is 0 Å². The van der Waals surface area contributed by atoms with Gasteiger partial charge in [0.15, 0.2) is 0 Å². The molecule has 0 aliphatic carbocycles. The van der Waals surface area contributed by atoms with Crippen LogP contribution in [0, 0.1) is 5.92 Å². The van der Waals surface area contributed by atoms with Gasteiger partial charge in [-0.05, 0) is 12.8 Å². The summed E-state index contributed by atoms with van der Waals surface area (Å²) in [6.07, 6.45) is -1.98. The number of halogens is 2. The minimum atomic E-state index is -2.87. The first kappa shape index (κ1) is 12.3. The van der Waals surface area contributed by atoms with E-state index >= 15 is 0 Å². The Morgan fingerprint density at radius 1 is 1.38 bits per heavy atom. The molecule has 13 heavy (non-hydrogen) atoms. The molecule has 0 N–H and O–H groups in total. The first-order chi connectivity index (χ1) is 6.02. The van der Waals surface area contributed by atoms with E-state index in [0.29, 0.717) is 13.1 Å². The monoisotopic (exact) mass is 193 g/mol. The van der Waals surface area contributed by atoms with Gasteiger partial charge in [-0.15, -0.1) is 0 Å². The summed E-state index contributed by atoms with van der Waals surface area (Å²) in [5, 5.41) is 0. The van der Waals surface area contributed by atoms with Gasteiger partial charge in [0.25, 0.3) is 5.91 Å². The standard InChI is InChI=1S/C9H17F2NO/c1-4-7(3)6-12(5-2)9(13)8(10)11/h7-8H,4-6H2,1-3H3. The van der Waals surface area contributed by atoms with E-state index in [1.807, 2.05) is 13.8 Å². The lowest BCUT2D eigenvalue weighted by atomic mass is 10.1. The van der Waals surface area contributed by atoms with E-state index in [1.165, 1.54) is 4.90 Å². The van der Waals surface area contributed by atoms with Crippen molar-refractivity contribution in [3.05, 3.63) is 0 Å². The van der Waals surface area contributed by atoms with Crippen LogP contribution in [0.25, 0.3) is 0 Å². The number of carbonyl (C=O) groups excluding carboxylic acids is 1. The minimum Gasteiger partial charge on any atom is -0.338 e. The second kappa shape index (κ2) is 5.89. The maximum atomic E-state index is 12.0. The van der Waals surface area contributed by atoms with Crippen molar-refractivity contribution in [2.75, 3.05) is 13.1 Å². The molecule has 0 spiro atoms. The Balaban J connectivity index is 4.10. The van der Waals surface area contributed by atoms with Crippen molar-refractivity contribution in [2.24, 2.45) is 5.92 Å². The summed E-state index contributed by atoms with van der Waals surface area (Å²) >= 11 is 0. The molecule has 0 rings (SSSR count). The number of hydrogen-bond donors (Lipinski definition) is 0. The first-order valence-corrected chi connectivity index (χ1v) is 4.59. The van der Waals surface area contributed by atoms with Crippen molar-refractivity contribution < 1.29 is 13.6 Å². The Bertz CT molecular complexity index is 162. The van der Waals surface area contributed by atoms with Gasteiger partial charge in [0.1, 0.15) is 0 Å². The number of rotatable bonds is 5. The molecule has 0 aliphatic rings. The zero-order valence-electron chi connectivity index (χ0n) is 8.39. The average molecular weight is 193 g/mol. The van der Waals surface area contributed by atoms with E-state index < -0.39 is 12.3 Å². The third-order valence-corrected chi connectivity index (χ3v) is 2.11. The molecule has 0 heterocycles. The van der Waals surface area contributed by atoms with Crippen LogP contribution >= 0.6 is 0 Å². The lowest BCUT2D eigenvalue weighted by Gasteiger charge is -2.23. The van der Waals surface area contributed by atoms with Crippen LogP contribution in [0.2, 0.25) is 0 Å². The maximum absolute atomic E-state index is 12.0. The van der Waals surface area contributed by atoms with E-state index in [-0.39, 0.29) is 5.92 Å². The number of amides is 1. The summed E-state index contributed by atoms with van der Waals surface area (Å²) < 4.78 is 24.1. The summed E-state index contributed by atoms with van der Waals surface area (Å²) in [5.41, 5.74) is 0. The largest absolute Gasteiger partial charge is 0.338 e. The molecule has 0 aliphatic heterocycles. The Morgan fingerprint density at radius 2 is 1.92 bits per heavy atom. The molecule has 0 saturated carbocycles. The van der Waals surface area contributed by atoms with Gasteiger partial charge in [-0.2, -0.15) is 8.78 Å². The topological polar surface area (TPSA) is 20.3 Å². The first-order valence-electron chi connectivity index (χ1n) is 4.59. The third-order valence-electron chi connectivity index (χ3n) is 2.11. The fraction of sp³-hybridized carbons (Fsp3) is 0.889. The minimum absolute atomic E-state index is 0.280. The fourth-order valence-corrected chi connectivity index (χ4v) is 1.02. The number of hydrogen-bond acceptors (Lipinski definition) is 1. The zero-order valence-corrected chi connectivity index (χ0v) is 8.39. The van der Waals surface area contributed by atoms with E-state index in [0.717, 1.165) is 6.42 Å². The van der Waals surface area contributed by atoms with Crippen molar-refractivity contribution in [3.8, 4) is 0 Å². The highest BCUT2D eigenvalue weighted by atomic mass is 19.3. The molecule has 1 unspecified atom stereocenters. The van der Waals surface area contributed by atoms with Gasteiger partial charge in [-0.3, -0.25) is 4.79 Å². The summed E-state index contributed by atoms with van der Waals surface area (Å²) in [6, 6.07) is 0. The molecule has 78 valence electrons. The Kier molecular flexibility index (Phi) is 5.58. The number of alkyl halides is 2. The molecule has 1 amide bonds. The summed E-state index contributed by atoms with van der Waals surface area (Å²) in [4.78, 5) is 12.1. The van der Waals surface area contributed by atoms with Crippen LogP contribution in [-0.2, 0) is 4.79 Å². The third kappa shape index (κ3) is 4.20. The molecule has 1 atom stereocenters. The molecule has 0 aromatic carbocycles. The van der Waals surface area contributed by atoms with E-state index in [4.69, 9.17) is 0 Å². The quantitative estimate of drug-likeness (QED) is 0.655. The van der Waals surface area contributed by atoms with Crippen LogP contribution in [0.1, 0.15) is 27.2 Å². The van der Waals surface area contributed by atoms with Crippen molar-refractivity contribution in [2.45, 2.75) is 33.6 Å². The molecular weight excluding hydrogens is 176 g/mol. The predicted octanol–water partition coefficient (Wildman–Crippen LogP) is 2.15. The van der Waals surface area contributed by atoms with Gasteiger partial charge >= 0.3 is 6.43 Å². The van der Waals surface area contributed by atoms with Crippen LogP contribution in [0.5, 0.6) is 0 Å². The molecule has 0 radical (unpaired) electrons. The molecule has 0 bridgehead atoms. The average Bonchev–Trinajstić information content (AvgIpc) is 2.12. The zero-order chi connectivity index (χ0) is 10.4. The smallest absolute Gasteiger partial charge is 0.315 e. The van der Waals surface area contributed by atoms with Gasteiger partial charge in [-0.1, -0.05) is 20.3 Å². The van der Waals surface area contributed by atoms with Crippen LogP contribution in [0.3, 0.4) is 0 Å². The molecule has 0 saturated heterocycles. The summed E-state index contributed by atoms with van der Waals surface area (Å²) in [7, 11) is 0. The second-order valence-electron chi connectivity index (χ2n) is 3.19. The van der Waals surface area contributed by atoms with Gasteiger partial charge in [-0.25, -0.2) is 0 Å². The molecule has 4 heteroatoms. The second-order valence-corrected chi connectivity index (χ2v) is 3.19. The number of nitrogens with zero attached hydrogens (tertiary/aromatic N) is 1. The van der Waals surface area contributed by atoms with E-state index in [2.05, 4.69) is 0 Å². The highest BCUT2D eigenvalue weighted by molar-refractivity contribution is 5.79. The molecular formula is C9H17F2NO. The highest BCUT2D eigenvalue weighted by Crippen LogP contribution is 2.07. The van der Waals surface area contributed by atoms with Crippen molar-refractivity contribution >= 4 is 5.91 Å². The normalized spacial score (nSPS) is 13.1. The molecule has 0 fully saturated rings. The summed E-state index contributed by atoms with van der Waals surface area (Å²) in [5.74, 6) is -0.773. The Labute approximate surface area is 77.9 Å². The Morgan fingerprint density at radius 3 is 2.23 bits per heavy atom. The molecule has 0 aromatic heterocycles. The van der Waals surface area contributed by atoms with Crippen molar-refractivity contribution in [1.82, 2.24) is 4.90 Å². The van der Waals surface area contributed by atoms with E-state index in [1.54, 1.807) is 6.92 Å². The lowest BCUT2D eigenvalue weighted by Crippen LogP contribution is -2.38. The van der Waals surface area contributed by atoms with Crippen molar-refractivity contribution in [3.63, 3.8) is 0 Å². The summed E-state index contributed by atoms with van der Waals surface area (Å²) in [6.45, 7) is 6.42. The number of carbonyl (C=O) groups is 1. The predicted molar refractivity (Wildman–Crippen MR) is 47.7 cm³/mol. The van der Waals surface area contributed by atoms with E-state index in [9.17, 15) is 13.6 Å². The van der Waals surface area contributed by atoms with Crippen LogP contribution in [0.4, 0.5) is 8.78 Å². The molecule has 2 nitrogen and oxygen atoms in total. The van der Waals surface area contributed by atoms with Crippen LogP contribution in [-0.4, -0.2) is 30.3 Å².